The standard InChI is InChI=1S/C26H41NO/c1-4-6-7-8-9-10-17-26(21-27)18-15-24(16-19-26)23-11-13-25(14-12-23)28-20-22(3)5-2/h11-14,22,24H,4-10,15-20H2,1-3H3. The number of hydrogen-bond acceptors (Lipinski definition) is 2. The van der Waals surface area contributed by atoms with Crippen molar-refractivity contribution in [2.45, 2.75) is 104 Å². The van der Waals surface area contributed by atoms with Crippen LogP contribution >= 0.6 is 0 Å². The fourth-order valence-electron chi connectivity index (χ4n) is 4.36. The maximum atomic E-state index is 9.83. The van der Waals surface area contributed by atoms with Crippen molar-refractivity contribution in [2.24, 2.45) is 11.3 Å². The highest BCUT2D eigenvalue weighted by atomic mass is 16.5. The van der Waals surface area contributed by atoms with Crippen molar-refractivity contribution < 1.29 is 4.74 Å². The normalized spacial score (nSPS) is 23.1. The summed E-state index contributed by atoms with van der Waals surface area (Å²) in [5.41, 5.74) is 1.36. The molecule has 0 saturated heterocycles. The molecular weight excluding hydrogens is 342 g/mol. The van der Waals surface area contributed by atoms with Crippen molar-refractivity contribution >= 4 is 0 Å². The summed E-state index contributed by atoms with van der Waals surface area (Å²) < 4.78 is 5.89. The zero-order valence-corrected chi connectivity index (χ0v) is 18.5. The van der Waals surface area contributed by atoms with Crippen molar-refractivity contribution in [3.63, 3.8) is 0 Å². The minimum Gasteiger partial charge on any atom is -0.493 e. The van der Waals surface area contributed by atoms with Crippen LogP contribution in [0.5, 0.6) is 5.75 Å². The van der Waals surface area contributed by atoms with Gasteiger partial charge in [0, 0.05) is 0 Å². The number of rotatable bonds is 12. The van der Waals surface area contributed by atoms with Crippen LogP contribution in [-0.4, -0.2) is 6.61 Å². The molecule has 156 valence electrons. The summed E-state index contributed by atoms with van der Waals surface area (Å²) in [5.74, 6) is 2.19. The maximum absolute atomic E-state index is 9.83. The molecule has 0 heterocycles. The summed E-state index contributed by atoms with van der Waals surface area (Å²) in [6.07, 6.45) is 14.6. The predicted octanol–water partition coefficient (Wildman–Crippen LogP) is 8.03. The van der Waals surface area contributed by atoms with Crippen LogP contribution in [-0.2, 0) is 0 Å². The molecule has 0 amide bonds. The molecule has 1 atom stereocenters. The molecule has 1 fully saturated rings. The number of ether oxygens (including phenoxy) is 1. The molecule has 0 aromatic heterocycles. The molecule has 0 spiro atoms. The van der Waals surface area contributed by atoms with Crippen LogP contribution in [0.4, 0.5) is 0 Å². The van der Waals surface area contributed by atoms with Crippen LogP contribution in [0.2, 0.25) is 0 Å². The van der Waals surface area contributed by atoms with Gasteiger partial charge in [-0.25, -0.2) is 0 Å². The molecule has 1 unspecified atom stereocenters. The second-order valence-electron chi connectivity index (χ2n) is 9.08. The van der Waals surface area contributed by atoms with Gasteiger partial charge in [-0.3, -0.25) is 0 Å². The van der Waals surface area contributed by atoms with E-state index in [4.69, 9.17) is 4.74 Å². The fourth-order valence-corrected chi connectivity index (χ4v) is 4.36. The van der Waals surface area contributed by atoms with Gasteiger partial charge in [-0.2, -0.15) is 5.26 Å². The molecule has 0 radical (unpaired) electrons. The zero-order chi connectivity index (χ0) is 20.2. The Morgan fingerprint density at radius 2 is 1.68 bits per heavy atom. The Kier molecular flexibility index (Phi) is 9.89. The number of hydrogen-bond donors (Lipinski definition) is 0. The molecule has 1 saturated carbocycles. The zero-order valence-electron chi connectivity index (χ0n) is 18.5. The number of benzene rings is 1. The van der Waals surface area contributed by atoms with Gasteiger partial charge in [0.25, 0.3) is 0 Å². The number of nitrogens with zero attached hydrogens (tertiary/aromatic N) is 1. The van der Waals surface area contributed by atoms with Crippen LogP contribution in [0.1, 0.15) is 109 Å². The predicted molar refractivity (Wildman–Crippen MR) is 119 cm³/mol. The molecule has 0 bridgehead atoms. The second-order valence-corrected chi connectivity index (χ2v) is 9.08. The van der Waals surface area contributed by atoms with Crippen LogP contribution in [0.15, 0.2) is 24.3 Å². The van der Waals surface area contributed by atoms with Crippen LogP contribution in [0.3, 0.4) is 0 Å². The molecule has 28 heavy (non-hydrogen) atoms. The molecule has 2 rings (SSSR count). The van der Waals surface area contributed by atoms with Gasteiger partial charge in [0.2, 0.25) is 0 Å². The summed E-state index contributed by atoms with van der Waals surface area (Å²) in [5, 5.41) is 9.83. The lowest BCUT2D eigenvalue weighted by Crippen LogP contribution is -2.25. The average molecular weight is 384 g/mol. The van der Waals surface area contributed by atoms with E-state index in [1.54, 1.807) is 0 Å². The number of unbranched alkanes of at least 4 members (excludes halogenated alkanes) is 5. The monoisotopic (exact) mass is 383 g/mol. The van der Waals surface area contributed by atoms with Crippen LogP contribution in [0, 0.1) is 22.7 Å². The quantitative estimate of drug-likeness (QED) is 0.342. The second kappa shape index (κ2) is 12.2. The lowest BCUT2D eigenvalue weighted by Gasteiger charge is -2.35. The van der Waals surface area contributed by atoms with E-state index in [0.717, 1.165) is 50.9 Å². The Morgan fingerprint density at radius 1 is 1.04 bits per heavy atom. The van der Waals surface area contributed by atoms with Gasteiger partial charge in [-0.15, -0.1) is 0 Å². The molecule has 0 aliphatic heterocycles. The topological polar surface area (TPSA) is 33.0 Å². The third-order valence-corrected chi connectivity index (χ3v) is 6.77. The fraction of sp³-hybridized carbons (Fsp3) is 0.731. The lowest BCUT2D eigenvalue weighted by molar-refractivity contribution is 0.222. The molecule has 2 heteroatoms. The summed E-state index contributed by atoms with van der Waals surface area (Å²) in [6.45, 7) is 7.48. The summed E-state index contributed by atoms with van der Waals surface area (Å²) in [6, 6.07) is 11.4. The van der Waals surface area contributed by atoms with E-state index < -0.39 is 0 Å². The Hall–Kier alpha value is -1.49. The highest BCUT2D eigenvalue weighted by Gasteiger charge is 2.35. The van der Waals surface area contributed by atoms with Crippen molar-refractivity contribution in [2.75, 3.05) is 6.61 Å². The first-order chi connectivity index (χ1) is 13.6. The van der Waals surface area contributed by atoms with Gasteiger partial charge in [0.1, 0.15) is 5.75 Å². The van der Waals surface area contributed by atoms with Crippen molar-refractivity contribution in [3.8, 4) is 11.8 Å². The van der Waals surface area contributed by atoms with Gasteiger partial charge in [-0.05, 0) is 61.6 Å². The van der Waals surface area contributed by atoms with Crippen molar-refractivity contribution in [3.05, 3.63) is 29.8 Å². The van der Waals surface area contributed by atoms with Gasteiger partial charge in [-0.1, -0.05) is 77.8 Å². The smallest absolute Gasteiger partial charge is 0.119 e. The summed E-state index contributed by atoms with van der Waals surface area (Å²) in [4.78, 5) is 0. The van der Waals surface area contributed by atoms with Crippen molar-refractivity contribution in [1.82, 2.24) is 0 Å². The first kappa shape index (κ1) is 22.8. The third kappa shape index (κ3) is 7.16. The largest absolute Gasteiger partial charge is 0.493 e. The average Bonchev–Trinajstić information content (AvgIpc) is 2.75. The van der Waals surface area contributed by atoms with E-state index >= 15 is 0 Å². The van der Waals surface area contributed by atoms with Crippen LogP contribution in [0.25, 0.3) is 0 Å². The van der Waals surface area contributed by atoms with E-state index in [1.807, 2.05) is 0 Å². The molecule has 1 aromatic carbocycles. The maximum Gasteiger partial charge on any atom is 0.119 e. The minimum atomic E-state index is -0.0550. The number of nitriles is 1. The Labute approximate surface area is 173 Å². The van der Waals surface area contributed by atoms with E-state index in [9.17, 15) is 5.26 Å². The summed E-state index contributed by atoms with van der Waals surface area (Å²) >= 11 is 0. The van der Waals surface area contributed by atoms with E-state index in [0.29, 0.717) is 11.8 Å². The first-order valence-electron chi connectivity index (χ1n) is 11.8. The molecule has 1 aliphatic rings. The van der Waals surface area contributed by atoms with Gasteiger partial charge in [0.05, 0.1) is 18.1 Å². The molecular formula is C26H41NO. The van der Waals surface area contributed by atoms with Crippen molar-refractivity contribution in [1.29, 1.82) is 5.26 Å². The highest BCUT2D eigenvalue weighted by Crippen LogP contribution is 2.45. The lowest BCUT2D eigenvalue weighted by atomic mass is 9.67. The molecule has 0 N–H and O–H groups in total. The molecule has 2 nitrogen and oxygen atoms in total. The van der Waals surface area contributed by atoms with E-state index in [-0.39, 0.29) is 5.41 Å². The Morgan fingerprint density at radius 3 is 2.29 bits per heavy atom. The van der Waals surface area contributed by atoms with E-state index in [2.05, 4.69) is 51.1 Å². The molecule has 1 aliphatic carbocycles. The van der Waals surface area contributed by atoms with E-state index in [1.165, 1.54) is 44.1 Å². The Balaban J connectivity index is 1.77. The SMILES string of the molecule is CCCCCCCCC1(C#N)CCC(c2ccc(OCC(C)CC)cc2)CC1. The van der Waals surface area contributed by atoms with Crippen LogP contribution < -0.4 is 4.74 Å². The molecule has 1 aromatic rings. The van der Waals surface area contributed by atoms with Gasteiger partial charge >= 0.3 is 0 Å². The van der Waals surface area contributed by atoms with Gasteiger partial charge < -0.3 is 4.74 Å². The van der Waals surface area contributed by atoms with Gasteiger partial charge in [0.15, 0.2) is 0 Å². The minimum absolute atomic E-state index is 0.0550. The Bertz CT molecular complexity index is 577. The highest BCUT2D eigenvalue weighted by molar-refractivity contribution is 5.30. The first-order valence-corrected chi connectivity index (χ1v) is 11.8. The third-order valence-electron chi connectivity index (χ3n) is 6.77. The summed E-state index contributed by atoms with van der Waals surface area (Å²) in [7, 11) is 0.